The van der Waals surface area contributed by atoms with Crippen molar-refractivity contribution in [2.45, 2.75) is 83.1 Å². The van der Waals surface area contributed by atoms with Crippen LogP contribution in [-0.4, -0.2) is 101 Å². The number of esters is 1. The average Bonchev–Trinajstić information content (AvgIpc) is 3.29. The normalized spacial score (nSPS) is 24.8. The number of methoxy groups -OCH3 is 5. The van der Waals surface area contributed by atoms with Gasteiger partial charge in [-0.1, -0.05) is 25.5 Å². The zero-order valence-electron chi connectivity index (χ0n) is 36.2. The predicted octanol–water partition coefficient (Wildman–Crippen LogP) is 7.42. The van der Waals surface area contributed by atoms with Crippen molar-refractivity contribution in [3.05, 3.63) is 93.7 Å². The maximum Gasteiger partial charge on any atom is 0.337 e. The fourth-order valence-electron chi connectivity index (χ4n) is 10.3. The van der Waals surface area contributed by atoms with E-state index in [2.05, 4.69) is 36.1 Å². The first kappa shape index (κ1) is 43.3. The molecule has 0 aromatic heterocycles. The van der Waals surface area contributed by atoms with Gasteiger partial charge in [-0.3, -0.25) is 9.69 Å². The molecule has 7 rings (SSSR count). The van der Waals surface area contributed by atoms with Gasteiger partial charge in [0, 0.05) is 50.7 Å². The lowest BCUT2D eigenvalue weighted by Gasteiger charge is -2.49. The molecule has 4 heterocycles. The van der Waals surface area contributed by atoms with Crippen molar-refractivity contribution < 1.29 is 47.9 Å². The highest BCUT2D eigenvalue weighted by molar-refractivity contribution is 5.92. The van der Waals surface area contributed by atoms with Crippen molar-refractivity contribution >= 4 is 11.9 Å². The van der Waals surface area contributed by atoms with Crippen LogP contribution in [0.3, 0.4) is 0 Å². The number of hydrogen-bond donors (Lipinski definition) is 1. The number of nitrogens with zero attached hydrogens (tertiary/aromatic N) is 2. The second-order valence-corrected chi connectivity index (χ2v) is 16.4. The number of carbonyl (C=O) groups excluding carboxylic acids is 2. The van der Waals surface area contributed by atoms with E-state index < -0.39 is 12.3 Å². The minimum atomic E-state index is -0.716. The van der Waals surface area contributed by atoms with E-state index in [0.717, 1.165) is 67.0 Å². The van der Waals surface area contributed by atoms with Crippen molar-refractivity contribution in [1.29, 1.82) is 0 Å². The molecule has 12 heteroatoms. The van der Waals surface area contributed by atoms with Crippen LogP contribution in [0, 0.1) is 17.8 Å². The van der Waals surface area contributed by atoms with E-state index >= 15 is 4.79 Å². The molecule has 3 aromatic rings. The molecule has 1 N–H and O–H groups in total. The van der Waals surface area contributed by atoms with Gasteiger partial charge in [0.25, 0.3) is 5.91 Å². The summed E-state index contributed by atoms with van der Waals surface area (Å²) in [6.45, 7) is 7.08. The number of ether oxygens (including phenoxy) is 7. The molecule has 1 saturated heterocycles. The summed E-state index contributed by atoms with van der Waals surface area (Å²) in [6, 6.07) is 15.7. The van der Waals surface area contributed by atoms with Gasteiger partial charge in [-0.25, -0.2) is 4.79 Å². The van der Waals surface area contributed by atoms with Gasteiger partial charge in [0.15, 0.2) is 28.8 Å². The van der Waals surface area contributed by atoms with Crippen LogP contribution in [0.2, 0.25) is 0 Å². The largest absolute Gasteiger partial charge is 0.493 e. The number of hydrogen-bond acceptors (Lipinski definition) is 11. The number of carbonyl (C=O) groups is 2. The summed E-state index contributed by atoms with van der Waals surface area (Å²) in [5.41, 5.74) is 6.16. The number of rotatable bonds is 15. The Morgan fingerprint density at radius 1 is 0.817 bits per heavy atom. The Bertz CT molecular complexity index is 2020. The average molecular weight is 827 g/mol. The third-order valence-corrected chi connectivity index (χ3v) is 13.4. The Kier molecular flexibility index (Phi) is 13.9. The maximum absolute atomic E-state index is 15.3. The van der Waals surface area contributed by atoms with Gasteiger partial charge in [0.1, 0.15) is 0 Å². The Morgan fingerprint density at radius 2 is 1.45 bits per heavy atom. The SMILES string of the molecule is CCO[C@@H]1OC(C(=O)N2CCc3cc(OC)c(OC)cc3[C@H]2C[C@H]2C[C@H]3c4cc(OC)c(OC)cc4CCN3C[C@@H]2CC)=C[C@H](c2ccc(C(=O)OC)cc2)[C@@H]1CCCO. The van der Waals surface area contributed by atoms with E-state index in [4.69, 9.17) is 33.2 Å². The second kappa shape index (κ2) is 19.3. The molecule has 0 unspecified atom stereocenters. The first-order valence-corrected chi connectivity index (χ1v) is 21.5. The van der Waals surface area contributed by atoms with E-state index in [-0.39, 0.29) is 42.2 Å². The monoisotopic (exact) mass is 826 g/mol. The maximum atomic E-state index is 15.3. The Labute approximate surface area is 354 Å². The molecule has 60 heavy (non-hydrogen) atoms. The molecule has 12 nitrogen and oxygen atoms in total. The summed E-state index contributed by atoms with van der Waals surface area (Å²) in [7, 11) is 8.05. The number of fused-ring (bicyclic) bond motifs is 4. The first-order valence-electron chi connectivity index (χ1n) is 21.5. The molecule has 3 aromatic carbocycles. The van der Waals surface area contributed by atoms with Crippen LogP contribution in [0.25, 0.3) is 0 Å². The summed E-state index contributed by atoms with van der Waals surface area (Å²) in [5, 5.41) is 9.87. The van der Waals surface area contributed by atoms with E-state index in [0.29, 0.717) is 61.3 Å². The van der Waals surface area contributed by atoms with Crippen molar-refractivity contribution in [3.63, 3.8) is 0 Å². The molecule has 0 spiro atoms. The Hall–Kier alpha value is -4.78. The Morgan fingerprint density at radius 3 is 2.07 bits per heavy atom. The van der Waals surface area contributed by atoms with Crippen LogP contribution in [0.4, 0.5) is 0 Å². The topological polar surface area (TPSA) is 125 Å². The number of benzene rings is 3. The van der Waals surface area contributed by atoms with Crippen LogP contribution in [0.1, 0.15) is 102 Å². The van der Waals surface area contributed by atoms with Crippen LogP contribution < -0.4 is 18.9 Å². The highest BCUT2D eigenvalue weighted by atomic mass is 16.7. The lowest BCUT2D eigenvalue weighted by Crippen LogP contribution is -2.48. The van der Waals surface area contributed by atoms with Crippen LogP contribution >= 0.6 is 0 Å². The number of allylic oxidation sites excluding steroid dienone is 1. The molecule has 0 radical (unpaired) electrons. The summed E-state index contributed by atoms with van der Waals surface area (Å²) in [6.07, 6.45) is 6.72. The molecule has 324 valence electrons. The third kappa shape index (κ3) is 8.56. The highest BCUT2D eigenvalue weighted by Crippen LogP contribution is 2.50. The summed E-state index contributed by atoms with van der Waals surface area (Å²) >= 11 is 0. The van der Waals surface area contributed by atoms with E-state index in [1.54, 1.807) is 40.6 Å². The molecule has 4 aliphatic rings. The van der Waals surface area contributed by atoms with E-state index in [9.17, 15) is 9.90 Å². The van der Waals surface area contributed by atoms with Crippen LogP contribution in [0.5, 0.6) is 23.0 Å². The first-order chi connectivity index (χ1) is 29.2. The molecule has 4 aliphatic heterocycles. The third-order valence-electron chi connectivity index (χ3n) is 13.4. The number of aliphatic hydroxyl groups is 1. The van der Waals surface area contributed by atoms with Crippen LogP contribution in [0.15, 0.2) is 60.4 Å². The number of piperidine rings is 1. The van der Waals surface area contributed by atoms with Gasteiger partial charge in [0.2, 0.25) is 6.29 Å². The van der Waals surface area contributed by atoms with Gasteiger partial charge in [-0.15, -0.1) is 0 Å². The summed E-state index contributed by atoms with van der Waals surface area (Å²) < 4.78 is 40.9. The molecular formula is C48H62N2O10. The smallest absolute Gasteiger partial charge is 0.337 e. The lowest BCUT2D eigenvalue weighted by molar-refractivity contribution is -0.171. The fraction of sp³-hybridized carbons (Fsp3) is 0.542. The predicted molar refractivity (Wildman–Crippen MR) is 227 cm³/mol. The van der Waals surface area contributed by atoms with Gasteiger partial charge in [-0.2, -0.15) is 0 Å². The van der Waals surface area contributed by atoms with Crippen molar-refractivity contribution in [2.75, 3.05) is 68.4 Å². The minimum Gasteiger partial charge on any atom is -0.493 e. The van der Waals surface area contributed by atoms with E-state index in [1.165, 1.54) is 18.2 Å². The molecule has 0 saturated carbocycles. The highest BCUT2D eigenvalue weighted by Gasteiger charge is 2.45. The van der Waals surface area contributed by atoms with E-state index in [1.807, 2.05) is 30.0 Å². The van der Waals surface area contributed by atoms with Gasteiger partial charge in [0.05, 0.1) is 47.2 Å². The van der Waals surface area contributed by atoms with Crippen molar-refractivity contribution in [2.24, 2.45) is 17.8 Å². The number of amides is 1. The minimum absolute atomic E-state index is 0.0216. The lowest BCUT2D eigenvalue weighted by atomic mass is 9.72. The van der Waals surface area contributed by atoms with Crippen molar-refractivity contribution in [1.82, 2.24) is 9.80 Å². The number of aliphatic hydroxyl groups excluding tert-OH is 1. The Balaban J connectivity index is 1.27. The van der Waals surface area contributed by atoms with Crippen LogP contribution in [-0.2, 0) is 31.8 Å². The fourth-order valence-corrected chi connectivity index (χ4v) is 10.3. The second-order valence-electron chi connectivity index (χ2n) is 16.4. The quantitative estimate of drug-likeness (QED) is 0.154. The molecule has 1 amide bonds. The molecular weight excluding hydrogens is 765 g/mol. The summed E-state index contributed by atoms with van der Waals surface area (Å²) in [4.78, 5) is 32.3. The zero-order chi connectivity index (χ0) is 42.5. The zero-order valence-corrected chi connectivity index (χ0v) is 36.2. The van der Waals surface area contributed by atoms with Gasteiger partial charge in [-0.05, 0) is 128 Å². The van der Waals surface area contributed by atoms with Gasteiger partial charge < -0.3 is 43.2 Å². The van der Waals surface area contributed by atoms with Crippen molar-refractivity contribution in [3.8, 4) is 23.0 Å². The summed E-state index contributed by atoms with van der Waals surface area (Å²) in [5.74, 6) is 2.72. The molecule has 7 atom stereocenters. The van der Waals surface area contributed by atoms with Gasteiger partial charge >= 0.3 is 5.97 Å². The molecule has 0 aliphatic carbocycles. The molecule has 1 fully saturated rings. The standard InChI is InChI=1S/C48H62N2O10/c1-8-29-28-49-18-16-32-23-41(54-3)43(56-5)26-37(32)39(49)21-34(29)22-40-38-27-44(57-6)42(55-4)24-33(38)17-19-50(40)46(52)45-25-36(30-12-14-31(15-13-30)47(53)58-7)35(11-10-20-51)48(60-45)59-9-2/h12-15,23-27,29,34-36,39-40,48,51H,8-11,16-22,28H2,1-7H3/t29-,34+,35-,36+,39-,40+,48+/m0/s1. The molecule has 0 bridgehead atoms.